The Labute approximate surface area is 100 Å². The Bertz CT molecular complexity index is 438. The van der Waals surface area contributed by atoms with Crippen LogP contribution >= 0.6 is 0 Å². The van der Waals surface area contributed by atoms with Gasteiger partial charge in [0.15, 0.2) is 5.72 Å². The van der Waals surface area contributed by atoms with Crippen molar-refractivity contribution in [2.45, 2.75) is 25.0 Å². The third-order valence-electron chi connectivity index (χ3n) is 2.67. The summed E-state index contributed by atoms with van der Waals surface area (Å²) < 4.78 is 5.01. The fraction of sp³-hybridized carbons (Fsp3) is 0.308. The van der Waals surface area contributed by atoms with Crippen LogP contribution in [0, 0.1) is 0 Å². The predicted molar refractivity (Wildman–Crippen MR) is 64.0 cm³/mol. The first-order chi connectivity index (χ1) is 8.18. The minimum atomic E-state index is -1.47. The van der Waals surface area contributed by atoms with Crippen molar-refractivity contribution in [3.05, 3.63) is 54.2 Å². The van der Waals surface area contributed by atoms with E-state index in [1.165, 1.54) is 18.0 Å². The molecule has 1 unspecified atom stereocenters. The Hall–Kier alpha value is -1.65. The number of rotatable bonds is 5. The van der Waals surface area contributed by atoms with Crippen LogP contribution in [0.4, 0.5) is 0 Å². The Morgan fingerprint density at radius 1 is 1.29 bits per heavy atom. The van der Waals surface area contributed by atoms with Gasteiger partial charge in [-0.05, 0) is 24.8 Å². The van der Waals surface area contributed by atoms with E-state index in [0.29, 0.717) is 6.42 Å². The maximum atomic E-state index is 9.97. The molecule has 0 radical (unpaired) electrons. The van der Waals surface area contributed by atoms with Crippen molar-refractivity contribution in [1.82, 2.24) is 4.98 Å². The van der Waals surface area contributed by atoms with Crippen molar-refractivity contribution < 1.29 is 9.52 Å². The average Bonchev–Trinajstić information content (AvgIpc) is 2.84. The van der Waals surface area contributed by atoms with Gasteiger partial charge in [-0.2, -0.15) is 0 Å². The molecular formula is C13H16N2O2. The summed E-state index contributed by atoms with van der Waals surface area (Å²) in [6.07, 6.45) is 4.96. The van der Waals surface area contributed by atoms with E-state index in [1.807, 2.05) is 18.2 Å². The summed E-state index contributed by atoms with van der Waals surface area (Å²) in [5.74, 6) is 0.172. The molecule has 0 saturated carbocycles. The predicted octanol–water partition coefficient (Wildman–Crippen LogP) is 1.80. The first-order valence-electron chi connectivity index (χ1n) is 5.64. The zero-order chi connectivity index (χ0) is 12.1. The molecule has 1 atom stereocenters. The Morgan fingerprint density at radius 3 is 2.71 bits per heavy atom. The minimum Gasteiger partial charge on any atom is -0.445 e. The number of oxazole rings is 1. The molecular weight excluding hydrogens is 216 g/mol. The number of nitrogens with two attached hydrogens (primary N) is 1. The zero-order valence-corrected chi connectivity index (χ0v) is 9.54. The maximum absolute atomic E-state index is 9.97. The van der Waals surface area contributed by atoms with Gasteiger partial charge in [-0.3, -0.25) is 5.73 Å². The van der Waals surface area contributed by atoms with Gasteiger partial charge < -0.3 is 9.52 Å². The summed E-state index contributed by atoms with van der Waals surface area (Å²) in [6.45, 7) is 0. The van der Waals surface area contributed by atoms with Gasteiger partial charge in [-0.1, -0.05) is 30.3 Å². The lowest BCUT2D eigenvalue weighted by Crippen LogP contribution is -2.36. The van der Waals surface area contributed by atoms with Crippen LogP contribution in [0.5, 0.6) is 0 Å². The second-order valence-electron chi connectivity index (χ2n) is 4.10. The third kappa shape index (κ3) is 3.15. The normalized spacial score (nSPS) is 14.5. The van der Waals surface area contributed by atoms with Gasteiger partial charge in [0, 0.05) is 0 Å². The van der Waals surface area contributed by atoms with E-state index in [9.17, 15) is 5.11 Å². The van der Waals surface area contributed by atoms with Crippen molar-refractivity contribution in [3.8, 4) is 0 Å². The van der Waals surface area contributed by atoms with E-state index in [2.05, 4.69) is 17.1 Å². The second-order valence-corrected chi connectivity index (χ2v) is 4.10. The molecule has 2 rings (SSSR count). The molecule has 1 aromatic carbocycles. The van der Waals surface area contributed by atoms with E-state index in [0.717, 1.165) is 12.8 Å². The number of benzene rings is 1. The number of aryl methyl sites for hydroxylation is 1. The first-order valence-corrected chi connectivity index (χ1v) is 5.64. The summed E-state index contributed by atoms with van der Waals surface area (Å²) in [6, 6.07) is 10.1. The molecule has 0 aliphatic heterocycles. The smallest absolute Gasteiger partial charge is 0.241 e. The summed E-state index contributed by atoms with van der Waals surface area (Å²) in [5.41, 5.74) is 5.50. The van der Waals surface area contributed by atoms with Gasteiger partial charge in [-0.15, -0.1) is 0 Å². The van der Waals surface area contributed by atoms with Gasteiger partial charge >= 0.3 is 0 Å². The molecule has 4 nitrogen and oxygen atoms in total. The number of aliphatic hydroxyl groups is 1. The molecule has 17 heavy (non-hydrogen) atoms. The summed E-state index contributed by atoms with van der Waals surface area (Å²) >= 11 is 0. The summed E-state index contributed by atoms with van der Waals surface area (Å²) in [7, 11) is 0. The Balaban J connectivity index is 1.86. The van der Waals surface area contributed by atoms with E-state index in [4.69, 9.17) is 10.2 Å². The average molecular weight is 232 g/mol. The van der Waals surface area contributed by atoms with Crippen LogP contribution in [0.25, 0.3) is 0 Å². The number of nitrogens with zero attached hydrogens (tertiary/aromatic N) is 1. The first kappa shape index (κ1) is 11.8. The lowest BCUT2D eigenvalue weighted by Gasteiger charge is -2.18. The number of aromatic nitrogens is 1. The highest BCUT2D eigenvalue weighted by Crippen LogP contribution is 2.20. The van der Waals surface area contributed by atoms with Gasteiger partial charge in [-0.25, -0.2) is 4.98 Å². The fourth-order valence-corrected chi connectivity index (χ4v) is 1.75. The lowest BCUT2D eigenvalue weighted by molar-refractivity contribution is 0.00531. The van der Waals surface area contributed by atoms with Gasteiger partial charge in [0.25, 0.3) is 0 Å². The van der Waals surface area contributed by atoms with E-state index >= 15 is 0 Å². The third-order valence-corrected chi connectivity index (χ3v) is 2.67. The largest absolute Gasteiger partial charge is 0.445 e. The molecule has 0 bridgehead atoms. The molecule has 0 aliphatic rings. The van der Waals surface area contributed by atoms with Crippen molar-refractivity contribution >= 4 is 0 Å². The molecule has 4 heteroatoms. The Morgan fingerprint density at radius 2 is 2.06 bits per heavy atom. The van der Waals surface area contributed by atoms with E-state index < -0.39 is 5.72 Å². The second kappa shape index (κ2) is 5.12. The van der Waals surface area contributed by atoms with Crippen molar-refractivity contribution in [2.75, 3.05) is 0 Å². The monoisotopic (exact) mass is 232 g/mol. The van der Waals surface area contributed by atoms with Crippen molar-refractivity contribution in [1.29, 1.82) is 0 Å². The standard InChI is InChI=1S/C13H16N2O2/c14-13(16,12-15-9-10-17-12)8-4-7-11-5-2-1-3-6-11/h1-3,5-6,9-10,16H,4,7-8,14H2. The van der Waals surface area contributed by atoms with Crippen LogP contribution < -0.4 is 5.73 Å². The number of hydrogen-bond acceptors (Lipinski definition) is 4. The van der Waals surface area contributed by atoms with Crippen LogP contribution in [0.15, 0.2) is 47.2 Å². The molecule has 1 aromatic heterocycles. The topological polar surface area (TPSA) is 72.3 Å². The van der Waals surface area contributed by atoms with Gasteiger partial charge in [0.2, 0.25) is 5.89 Å². The zero-order valence-electron chi connectivity index (χ0n) is 9.54. The van der Waals surface area contributed by atoms with Crippen molar-refractivity contribution in [2.24, 2.45) is 5.73 Å². The Kier molecular flexibility index (Phi) is 3.56. The van der Waals surface area contributed by atoms with Crippen LogP contribution in [0.2, 0.25) is 0 Å². The van der Waals surface area contributed by atoms with E-state index in [-0.39, 0.29) is 5.89 Å². The molecule has 2 aromatic rings. The van der Waals surface area contributed by atoms with Crippen molar-refractivity contribution in [3.63, 3.8) is 0 Å². The van der Waals surface area contributed by atoms with Crippen LogP contribution in [0.3, 0.4) is 0 Å². The quantitative estimate of drug-likeness (QED) is 0.771. The fourth-order valence-electron chi connectivity index (χ4n) is 1.75. The van der Waals surface area contributed by atoms with E-state index in [1.54, 1.807) is 0 Å². The highest BCUT2D eigenvalue weighted by Gasteiger charge is 2.28. The summed E-state index contributed by atoms with van der Waals surface area (Å²) in [4.78, 5) is 3.87. The molecule has 0 amide bonds. The molecule has 0 saturated heterocycles. The highest BCUT2D eigenvalue weighted by molar-refractivity contribution is 5.14. The molecule has 0 fully saturated rings. The molecule has 0 spiro atoms. The molecule has 90 valence electrons. The number of hydrogen-bond donors (Lipinski definition) is 2. The van der Waals surface area contributed by atoms with Gasteiger partial charge in [0.1, 0.15) is 6.26 Å². The van der Waals surface area contributed by atoms with Crippen LogP contribution in [-0.4, -0.2) is 10.1 Å². The minimum absolute atomic E-state index is 0.172. The molecule has 0 aliphatic carbocycles. The molecule has 3 N–H and O–H groups in total. The highest BCUT2D eigenvalue weighted by atomic mass is 16.4. The SMILES string of the molecule is NC(O)(CCCc1ccccc1)c1ncco1. The van der Waals surface area contributed by atoms with Gasteiger partial charge in [0.05, 0.1) is 6.20 Å². The van der Waals surface area contributed by atoms with Crippen LogP contribution in [0.1, 0.15) is 24.3 Å². The summed E-state index contributed by atoms with van der Waals surface area (Å²) in [5, 5.41) is 9.97. The maximum Gasteiger partial charge on any atom is 0.241 e. The molecule has 1 heterocycles. The van der Waals surface area contributed by atoms with Crippen LogP contribution in [-0.2, 0) is 12.1 Å². The lowest BCUT2D eigenvalue weighted by atomic mass is 10.0.